The third-order valence-corrected chi connectivity index (χ3v) is 8.97. The van der Waals surface area contributed by atoms with Gasteiger partial charge < -0.3 is 25.3 Å². The quantitative estimate of drug-likeness (QED) is 0.132. The highest BCUT2D eigenvalue weighted by Crippen LogP contribution is 2.33. The van der Waals surface area contributed by atoms with Crippen LogP contribution in [0, 0.1) is 5.82 Å². The highest BCUT2D eigenvalue weighted by molar-refractivity contribution is 7.80. The second-order valence-corrected chi connectivity index (χ2v) is 13.5. The Morgan fingerprint density at radius 3 is 2.55 bits per heavy atom. The summed E-state index contributed by atoms with van der Waals surface area (Å²) in [6.07, 6.45) is 7.65. The van der Waals surface area contributed by atoms with Gasteiger partial charge in [0.15, 0.2) is 17.5 Å². The molecule has 0 amide bonds. The summed E-state index contributed by atoms with van der Waals surface area (Å²) < 4.78 is 22.3. The number of aryl methyl sites for hydroxylation is 1. The van der Waals surface area contributed by atoms with Crippen LogP contribution in [0.4, 0.5) is 4.39 Å². The van der Waals surface area contributed by atoms with E-state index in [1.807, 2.05) is 36.4 Å². The molecule has 2 atom stereocenters. The van der Waals surface area contributed by atoms with E-state index in [-0.39, 0.29) is 11.8 Å². The topological polar surface area (TPSA) is 105 Å². The van der Waals surface area contributed by atoms with Crippen molar-refractivity contribution in [2.75, 3.05) is 33.3 Å². The van der Waals surface area contributed by atoms with Crippen molar-refractivity contribution in [2.24, 2.45) is 10.7 Å². The monoisotopic (exact) mass is 661 g/mol. The van der Waals surface area contributed by atoms with Gasteiger partial charge in [-0.05, 0) is 98.3 Å². The van der Waals surface area contributed by atoms with Gasteiger partial charge >= 0.3 is 5.69 Å². The van der Waals surface area contributed by atoms with E-state index in [4.69, 9.17) is 15.5 Å². The number of ether oxygens (including phenoxy) is 1. The molecule has 3 heterocycles. The molecule has 2 aromatic carbocycles. The summed E-state index contributed by atoms with van der Waals surface area (Å²) in [5, 5.41) is 0.994. The molecule has 0 fully saturated rings. The minimum absolute atomic E-state index is 0.186. The van der Waals surface area contributed by atoms with Gasteiger partial charge in [0.05, 0.1) is 24.5 Å². The summed E-state index contributed by atoms with van der Waals surface area (Å²) in [6.45, 7) is 11.1. The number of benzene rings is 2. The third kappa shape index (κ3) is 8.56. The predicted octanol–water partition coefficient (Wildman–Crippen LogP) is 6.18. The van der Waals surface area contributed by atoms with Crippen LogP contribution in [0.3, 0.4) is 0 Å². The molecule has 9 nitrogen and oxygen atoms in total. The van der Waals surface area contributed by atoms with Gasteiger partial charge in [0.1, 0.15) is 5.65 Å². The number of guanidine groups is 1. The molecule has 0 aliphatic carbocycles. The van der Waals surface area contributed by atoms with Crippen LogP contribution in [0.15, 0.2) is 58.4 Å². The first-order valence-electron chi connectivity index (χ1n) is 16.8. The van der Waals surface area contributed by atoms with E-state index in [0.29, 0.717) is 45.7 Å². The smallest absolute Gasteiger partial charge is 0.354 e. The Morgan fingerprint density at radius 1 is 1.15 bits per heavy atom. The second kappa shape index (κ2) is 15.8. The van der Waals surface area contributed by atoms with Crippen molar-refractivity contribution >= 4 is 29.6 Å². The molecule has 0 bridgehead atoms. The fraction of sp³-hybridized carbons (Fsp3) is 0.472. The molecule has 2 aromatic heterocycles. The van der Waals surface area contributed by atoms with Gasteiger partial charge in [0.25, 0.3) is 0 Å². The number of fused-ring (bicyclic) bond motifs is 1. The molecule has 1 aliphatic rings. The molecule has 5 rings (SSSR count). The number of nitrogens with zero attached hydrogens (tertiary/aromatic N) is 5. The summed E-state index contributed by atoms with van der Waals surface area (Å²) in [6, 6.07) is 13.4. The standard InChI is InChI=1S/C36H48FN7O2S/c1-5-15-42(16-6-2)23-28-14-17-43(35(38)39-28)21-25-10-12-29(13-11-25)44-22-27-20-31(40-34(27)41-36(44)45)30-18-26(9-7-8-24(3)47)19-32(46-4)33(30)37/h10-13,18-20,22,24,28,47H,5-9,14-17,21,23H2,1-4H3,(H2,38,39)(H,40,41,45). The van der Waals surface area contributed by atoms with Crippen LogP contribution in [-0.2, 0) is 13.0 Å². The zero-order chi connectivity index (χ0) is 33.5. The van der Waals surface area contributed by atoms with Gasteiger partial charge in [-0.15, -0.1) is 0 Å². The lowest BCUT2D eigenvalue weighted by Crippen LogP contribution is -2.45. The van der Waals surface area contributed by atoms with E-state index >= 15 is 4.39 Å². The van der Waals surface area contributed by atoms with Crippen molar-refractivity contribution in [1.29, 1.82) is 0 Å². The maximum Gasteiger partial charge on any atom is 0.354 e. The highest BCUT2D eigenvalue weighted by Gasteiger charge is 2.22. The first kappa shape index (κ1) is 34.5. The molecule has 0 saturated heterocycles. The molecule has 47 heavy (non-hydrogen) atoms. The van der Waals surface area contributed by atoms with E-state index in [2.05, 4.69) is 53.2 Å². The Bertz CT molecular complexity index is 1730. The molecule has 0 spiro atoms. The van der Waals surface area contributed by atoms with Gasteiger partial charge in [0.2, 0.25) is 0 Å². The Labute approximate surface area is 282 Å². The zero-order valence-corrected chi connectivity index (χ0v) is 28.9. The molecule has 0 saturated carbocycles. The summed E-state index contributed by atoms with van der Waals surface area (Å²) in [5.41, 5.74) is 10.0. The SMILES string of the molecule is CCCN(CCC)CC1CCN(Cc2ccc(-n3cc4cc(-c5cc(CCCC(C)S)cc(OC)c5F)[nH]c4nc3=O)cc2)C(N)=N1. The number of aromatic amines is 1. The Kier molecular flexibility index (Phi) is 11.6. The predicted molar refractivity (Wildman–Crippen MR) is 192 cm³/mol. The average Bonchev–Trinajstić information content (AvgIpc) is 3.45. The van der Waals surface area contributed by atoms with Crippen molar-refractivity contribution in [3.8, 4) is 22.7 Å². The van der Waals surface area contributed by atoms with Crippen molar-refractivity contribution < 1.29 is 9.13 Å². The van der Waals surface area contributed by atoms with Crippen molar-refractivity contribution in [1.82, 2.24) is 24.3 Å². The number of aliphatic imine (C=N–C) groups is 1. The lowest BCUT2D eigenvalue weighted by atomic mass is 10.0. The van der Waals surface area contributed by atoms with Crippen LogP contribution >= 0.6 is 12.6 Å². The van der Waals surface area contributed by atoms with Crippen LogP contribution in [0.25, 0.3) is 28.0 Å². The summed E-state index contributed by atoms with van der Waals surface area (Å²) in [5.74, 6) is 0.311. The normalized spacial score (nSPS) is 15.8. The Morgan fingerprint density at radius 2 is 1.89 bits per heavy atom. The van der Waals surface area contributed by atoms with Crippen molar-refractivity contribution in [2.45, 2.75) is 77.1 Å². The van der Waals surface area contributed by atoms with E-state index in [0.717, 1.165) is 75.8 Å². The number of hydrogen-bond acceptors (Lipinski definition) is 8. The maximum absolute atomic E-state index is 15.4. The van der Waals surface area contributed by atoms with Crippen LogP contribution < -0.4 is 16.2 Å². The molecule has 2 unspecified atom stereocenters. The molecule has 252 valence electrons. The fourth-order valence-corrected chi connectivity index (χ4v) is 6.50. The largest absolute Gasteiger partial charge is 0.494 e. The number of methoxy groups -OCH3 is 1. The first-order chi connectivity index (χ1) is 22.7. The van der Waals surface area contributed by atoms with Gasteiger partial charge in [-0.25, -0.2) is 14.2 Å². The molecule has 1 aliphatic heterocycles. The van der Waals surface area contributed by atoms with Gasteiger partial charge in [-0.2, -0.15) is 17.6 Å². The molecule has 0 radical (unpaired) electrons. The van der Waals surface area contributed by atoms with E-state index in [1.165, 1.54) is 11.7 Å². The number of thiol groups is 1. The minimum atomic E-state index is -0.457. The first-order valence-corrected chi connectivity index (χ1v) is 17.3. The van der Waals surface area contributed by atoms with Crippen molar-refractivity contribution in [3.05, 3.63) is 76.1 Å². The van der Waals surface area contributed by atoms with Crippen LogP contribution in [0.1, 0.15) is 64.0 Å². The number of halogens is 1. The summed E-state index contributed by atoms with van der Waals surface area (Å²) in [4.78, 5) is 29.9. The van der Waals surface area contributed by atoms with E-state index in [1.54, 1.807) is 12.3 Å². The Hall–Kier alpha value is -3.83. The molecule has 11 heteroatoms. The van der Waals surface area contributed by atoms with Gasteiger partial charge in [-0.3, -0.25) is 4.57 Å². The minimum Gasteiger partial charge on any atom is -0.494 e. The van der Waals surface area contributed by atoms with Gasteiger partial charge in [-0.1, -0.05) is 32.9 Å². The van der Waals surface area contributed by atoms with E-state index in [9.17, 15) is 4.79 Å². The maximum atomic E-state index is 15.4. The number of H-pyrrole nitrogens is 1. The third-order valence-electron chi connectivity index (χ3n) is 8.71. The van der Waals surface area contributed by atoms with Crippen LogP contribution in [0.5, 0.6) is 5.75 Å². The molecular weight excluding hydrogens is 614 g/mol. The fourth-order valence-electron chi connectivity index (χ4n) is 6.32. The molecule has 3 N–H and O–H groups in total. The second-order valence-electron chi connectivity index (χ2n) is 12.6. The van der Waals surface area contributed by atoms with E-state index < -0.39 is 11.5 Å². The number of nitrogens with one attached hydrogen (secondary N) is 1. The molecule has 4 aromatic rings. The highest BCUT2D eigenvalue weighted by atomic mass is 32.1. The van der Waals surface area contributed by atoms with Crippen molar-refractivity contribution in [3.63, 3.8) is 0 Å². The molecular formula is C36H48FN7O2S. The number of aromatic nitrogens is 3. The van der Waals surface area contributed by atoms with Crippen LogP contribution in [-0.4, -0.2) is 74.9 Å². The van der Waals surface area contributed by atoms with Crippen LogP contribution in [0.2, 0.25) is 0 Å². The zero-order valence-electron chi connectivity index (χ0n) is 28.0. The lowest BCUT2D eigenvalue weighted by molar-refractivity contribution is 0.238. The number of nitrogens with two attached hydrogens (primary N) is 1. The summed E-state index contributed by atoms with van der Waals surface area (Å²) in [7, 11) is 1.47. The van der Waals surface area contributed by atoms with Gasteiger partial charge in [0, 0.05) is 36.8 Å². The summed E-state index contributed by atoms with van der Waals surface area (Å²) >= 11 is 4.47. The Balaban J connectivity index is 1.31. The number of hydrogen-bond donors (Lipinski definition) is 3. The number of rotatable bonds is 15. The average molecular weight is 662 g/mol. The lowest BCUT2D eigenvalue weighted by Gasteiger charge is -2.33.